The Labute approximate surface area is 232 Å². The third-order valence-corrected chi connectivity index (χ3v) is 7.08. The lowest BCUT2D eigenvalue weighted by atomic mass is 9.82. The number of carboxylic acid groups (broad SMARTS) is 2. The quantitative estimate of drug-likeness (QED) is 0.213. The maximum atomic E-state index is 14.0. The topological polar surface area (TPSA) is 150 Å². The first-order valence-corrected chi connectivity index (χ1v) is 12.7. The highest BCUT2D eigenvalue weighted by atomic mass is 19.2. The van der Waals surface area contributed by atoms with Gasteiger partial charge in [-0.25, -0.2) is 27.2 Å². The van der Waals surface area contributed by atoms with Crippen LogP contribution in [0.2, 0.25) is 0 Å². The summed E-state index contributed by atoms with van der Waals surface area (Å²) in [6.07, 6.45) is 4.07. The van der Waals surface area contributed by atoms with Crippen molar-refractivity contribution in [3.63, 3.8) is 0 Å². The molecule has 13 heteroatoms. The Morgan fingerprint density at radius 3 is 1.98 bits per heavy atom. The van der Waals surface area contributed by atoms with Crippen molar-refractivity contribution in [2.75, 3.05) is 6.54 Å². The first-order valence-electron chi connectivity index (χ1n) is 12.7. The summed E-state index contributed by atoms with van der Waals surface area (Å²) in [5.74, 6) is -6.78. The van der Waals surface area contributed by atoms with Crippen molar-refractivity contribution in [1.29, 1.82) is 0 Å². The highest BCUT2D eigenvalue weighted by molar-refractivity contribution is 5.96. The fourth-order valence-electron chi connectivity index (χ4n) is 5.21. The van der Waals surface area contributed by atoms with E-state index in [1.54, 1.807) is 4.90 Å². The molecule has 2 unspecified atom stereocenters. The number of piperidine rings is 1. The number of nitrogens with two attached hydrogens (primary N) is 1. The average molecular weight is 580 g/mol. The summed E-state index contributed by atoms with van der Waals surface area (Å²) in [5.41, 5.74) is 6.62. The predicted octanol–water partition coefficient (Wildman–Crippen LogP) is 3.02. The monoisotopic (exact) mass is 579 g/mol. The Kier molecular flexibility index (Phi) is 10.6. The molecule has 9 nitrogen and oxygen atoms in total. The second kappa shape index (κ2) is 13.9. The molecule has 2 heterocycles. The van der Waals surface area contributed by atoms with Gasteiger partial charge in [-0.2, -0.15) is 0 Å². The second-order valence-corrected chi connectivity index (χ2v) is 9.84. The van der Waals surface area contributed by atoms with Crippen molar-refractivity contribution in [1.82, 2.24) is 10.2 Å². The van der Waals surface area contributed by atoms with Gasteiger partial charge in [0, 0.05) is 41.9 Å². The van der Waals surface area contributed by atoms with Crippen molar-refractivity contribution in [3.05, 3.63) is 82.9 Å². The lowest BCUT2D eigenvalue weighted by Crippen LogP contribution is -2.52. The minimum Gasteiger partial charge on any atom is -0.478 e. The van der Waals surface area contributed by atoms with Crippen molar-refractivity contribution < 1.29 is 47.0 Å². The van der Waals surface area contributed by atoms with Crippen LogP contribution in [0.3, 0.4) is 0 Å². The normalized spacial score (nSPS) is 20.2. The van der Waals surface area contributed by atoms with Gasteiger partial charge in [0.25, 0.3) is 5.91 Å². The molecule has 220 valence electrons. The van der Waals surface area contributed by atoms with Crippen LogP contribution in [0.4, 0.5) is 17.6 Å². The third-order valence-electron chi connectivity index (χ3n) is 7.08. The molecular weight excluding hydrogens is 550 g/mol. The lowest BCUT2D eigenvalue weighted by Gasteiger charge is -2.41. The molecule has 4 rings (SSSR count). The molecule has 2 aromatic carbocycles. The molecule has 3 atom stereocenters. The second-order valence-electron chi connectivity index (χ2n) is 9.84. The molecule has 5 N–H and O–H groups in total. The minimum absolute atomic E-state index is 0.00729. The molecule has 2 aliphatic rings. The van der Waals surface area contributed by atoms with Gasteiger partial charge in [0.05, 0.1) is 6.54 Å². The zero-order valence-electron chi connectivity index (χ0n) is 21.7. The zero-order chi connectivity index (χ0) is 30.3. The lowest BCUT2D eigenvalue weighted by molar-refractivity contribution is -0.135. The fraction of sp³-hybridized carbons (Fsp3) is 0.357. The molecule has 2 bridgehead atoms. The van der Waals surface area contributed by atoms with Crippen molar-refractivity contribution >= 4 is 23.8 Å². The van der Waals surface area contributed by atoms with E-state index in [1.165, 1.54) is 24.3 Å². The molecule has 0 aromatic heterocycles. The SMILES string of the molecule is N[C@H](Cc1cc(F)c(F)cc1F)C1CC2CCC(C1)N2C(=O)CNC(=O)c1ccc(F)cc1.O=C(O)/C=C\C(=O)O. The highest BCUT2D eigenvalue weighted by Gasteiger charge is 2.44. The summed E-state index contributed by atoms with van der Waals surface area (Å²) in [6, 6.07) is 5.90. The zero-order valence-corrected chi connectivity index (χ0v) is 21.7. The van der Waals surface area contributed by atoms with Gasteiger partial charge in [0.1, 0.15) is 11.6 Å². The van der Waals surface area contributed by atoms with E-state index >= 15 is 0 Å². The third kappa shape index (κ3) is 8.61. The van der Waals surface area contributed by atoms with E-state index in [4.69, 9.17) is 15.9 Å². The van der Waals surface area contributed by atoms with E-state index in [2.05, 4.69) is 5.32 Å². The number of halogens is 4. The Hall–Kier alpha value is -4.26. The number of benzene rings is 2. The van der Waals surface area contributed by atoms with Gasteiger partial charge in [0.2, 0.25) is 5.91 Å². The number of nitrogens with one attached hydrogen (secondary N) is 1. The summed E-state index contributed by atoms with van der Waals surface area (Å²) < 4.78 is 53.7. The molecule has 0 spiro atoms. The van der Waals surface area contributed by atoms with Crippen molar-refractivity contribution in [3.8, 4) is 0 Å². The van der Waals surface area contributed by atoms with Gasteiger partial charge in [-0.1, -0.05) is 0 Å². The van der Waals surface area contributed by atoms with Crippen LogP contribution < -0.4 is 11.1 Å². The number of carboxylic acids is 2. The van der Waals surface area contributed by atoms with Crippen molar-refractivity contribution in [2.24, 2.45) is 11.7 Å². The Bertz CT molecular complexity index is 1290. The van der Waals surface area contributed by atoms with Gasteiger partial charge < -0.3 is 26.2 Å². The van der Waals surface area contributed by atoms with Crippen LogP contribution in [0.5, 0.6) is 0 Å². The largest absolute Gasteiger partial charge is 0.478 e. The maximum Gasteiger partial charge on any atom is 0.328 e. The Morgan fingerprint density at radius 2 is 1.44 bits per heavy atom. The van der Waals surface area contributed by atoms with E-state index in [9.17, 15) is 36.7 Å². The van der Waals surface area contributed by atoms with Gasteiger partial charge in [-0.3, -0.25) is 9.59 Å². The minimum atomic E-state index is -1.26. The summed E-state index contributed by atoms with van der Waals surface area (Å²) in [4.78, 5) is 45.9. The molecular formula is C28H29F4N3O6. The summed E-state index contributed by atoms with van der Waals surface area (Å²) in [6.45, 7) is -0.167. The Balaban J connectivity index is 0.000000507. The number of carbonyl (C=O) groups excluding carboxylic acids is 2. The molecule has 2 amide bonds. The van der Waals surface area contributed by atoms with Crippen LogP contribution in [-0.4, -0.2) is 63.5 Å². The van der Waals surface area contributed by atoms with Gasteiger partial charge in [-0.15, -0.1) is 0 Å². The smallest absolute Gasteiger partial charge is 0.328 e. The summed E-state index contributed by atoms with van der Waals surface area (Å²) >= 11 is 0. The predicted molar refractivity (Wildman–Crippen MR) is 138 cm³/mol. The standard InChI is InChI=1S/C24H25F4N3O2.C4H4O4/c25-16-3-1-13(2-4-16)24(33)30-12-23(32)31-17-5-6-18(31)8-15(7-17)22(29)10-14-9-20(27)21(28)11-19(14)26;5-3(6)1-2-4(7)8/h1-4,9,11,15,17-18,22H,5-8,10,12,29H2,(H,30,33);1-2H,(H,5,6)(H,7,8)/b;2-1-/t15?,17?,18?,22-;/m1./s1. The summed E-state index contributed by atoms with van der Waals surface area (Å²) in [5, 5.41) is 18.2. The highest BCUT2D eigenvalue weighted by Crippen LogP contribution is 2.40. The molecule has 0 aliphatic carbocycles. The van der Waals surface area contributed by atoms with E-state index < -0.39 is 47.2 Å². The number of nitrogens with zero attached hydrogens (tertiary/aromatic N) is 1. The number of aliphatic carboxylic acids is 2. The molecule has 2 aromatic rings. The average Bonchev–Trinajstić information content (AvgIpc) is 3.18. The first-order chi connectivity index (χ1) is 19.3. The number of fused-ring (bicyclic) bond motifs is 2. The van der Waals surface area contributed by atoms with Crippen LogP contribution in [0.15, 0.2) is 48.6 Å². The van der Waals surface area contributed by atoms with Gasteiger partial charge in [-0.05, 0) is 73.9 Å². The number of rotatable bonds is 8. The number of hydrogen-bond donors (Lipinski definition) is 4. The molecule has 41 heavy (non-hydrogen) atoms. The first kappa shape index (κ1) is 31.3. The molecule has 0 saturated carbocycles. The molecule has 0 radical (unpaired) electrons. The van der Waals surface area contributed by atoms with Crippen LogP contribution in [0.25, 0.3) is 0 Å². The maximum absolute atomic E-state index is 14.0. The number of carbonyl (C=O) groups is 4. The van der Waals surface area contributed by atoms with E-state index in [-0.39, 0.29) is 48.0 Å². The number of hydrogen-bond acceptors (Lipinski definition) is 5. The Morgan fingerprint density at radius 1 is 0.902 bits per heavy atom. The van der Waals surface area contributed by atoms with Gasteiger partial charge in [0.15, 0.2) is 11.6 Å². The van der Waals surface area contributed by atoms with E-state index in [0.717, 1.165) is 18.9 Å². The van der Waals surface area contributed by atoms with Crippen LogP contribution >= 0.6 is 0 Å². The molecule has 2 saturated heterocycles. The van der Waals surface area contributed by atoms with Crippen LogP contribution in [0, 0.1) is 29.2 Å². The van der Waals surface area contributed by atoms with Crippen LogP contribution in [0.1, 0.15) is 41.6 Å². The molecule has 2 fully saturated rings. The molecule has 2 aliphatic heterocycles. The summed E-state index contributed by atoms with van der Waals surface area (Å²) in [7, 11) is 0. The fourth-order valence-corrected chi connectivity index (χ4v) is 5.21. The van der Waals surface area contributed by atoms with Gasteiger partial charge >= 0.3 is 11.9 Å². The van der Waals surface area contributed by atoms with Crippen LogP contribution in [-0.2, 0) is 20.8 Å². The number of amides is 2. The van der Waals surface area contributed by atoms with Crippen molar-refractivity contribution in [2.45, 2.75) is 50.2 Å². The van der Waals surface area contributed by atoms with E-state index in [0.29, 0.717) is 31.1 Å². The van der Waals surface area contributed by atoms with E-state index in [1.807, 2.05) is 0 Å².